The Labute approximate surface area is 224 Å². The summed E-state index contributed by atoms with van der Waals surface area (Å²) in [5.74, 6) is 0. The molecule has 206 valence electrons. The number of hydrogen-bond acceptors (Lipinski definition) is 9. The van der Waals surface area contributed by atoms with Crippen LogP contribution < -0.4 is 0 Å². The second-order valence-electron chi connectivity index (χ2n) is 11.7. The summed E-state index contributed by atoms with van der Waals surface area (Å²) in [6.07, 6.45) is 18.3. The molecule has 5 fully saturated rings. The molecule has 1 spiro atoms. The highest BCUT2D eigenvalue weighted by atomic mass is 31.3. The van der Waals surface area contributed by atoms with Crippen LogP contribution >= 0.6 is 22.5 Å². The average molecular weight is 566 g/mol. The van der Waals surface area contributed by atoms with Gasteiger partial charge in [0, 0.05) is 72.0 Å². The first-order valence-electron chi connectivity index (χ1n) is 14.9. The zero-order valence-electron chi connectivity index (χ0n) is 22.7. The molecule has 12 heteroatoms. The Kier molecular flexibility index (Phi) is 7.27. The van der Waals surface area contributed by atoms with Gasteiger partial charge >= 0.3 is 0 Å². The molecule has 7 rings (SSSR count). The Morgan fingerprint density at radius 2 is 1.03 bits per heavy atom. The summed E-state index contributed by atoms with van der Waals surface area (Å²) in [5, 5.41) is 0. The van der Waals surface area contributed by atoms with Crippen LogP contribution in [0.5, 0.6) is 0 Å². The smallest absolute Gasteiger partial charge is 0.221 e. The molecule has 6 aliphatic heterocycles. The number of rotatable bonds is 6. The minimum atomic E-state index is -2.26. The van der Waals surface area contributed by atoms with Crippen molar-refractivity contribution in [3.63, 3.8) is 0 Å². The molecule has 9 nitrogen and oxygen atoms in total. The van der Waals surface area contributed by atoms with E-state index in [1.54, 1.807) is 0 Å². The lowest BCUT2D eigenvalue weighted by Gasteiger charge is -2.49. The Hall–Kier alpha value is -0.0700. The lowest BCUT2D eigenvalue weighted by molar-refractivity contribution is 0.448. The van der Waals surface area contributed by atoms with E-state index in [0.29, 0.717) is 0 Å². The summed E-state index contributed by atoms with van der Waals surface area (Å²) < 4.78 is 35.2. The first-order chi connectivity index (χ1) is 18.1. The van der Waals surface area contributed by atoms with Gasteiger partial charge < -0.3 is 0 Å². The highest BCUT2D eigenvalue weighted by Crippen LogP contribution is 2.84. The molecule has 1 atom stereocenters. The maximum Gasteiger partial charge on any atom is 0.221 e. The summed E-state index contributed by atoms with van der Waals surface area (Å²) in [5.41, 5.74) is 1.53. The molecule has 0 aromatic carbocycles. The Morgan fingerprint density at radius 1 is 0.595 bits per heavy atom. The van der Waals surface area contributed by atoms with Crippen LogP contribution in [0, 0.1) is 0 Å². The van der Waals surface area contributed by atoms with Crippen molar-refractivity contribution in [3.8, 4) is 0 Å². The van der Waals surface area contributed by atoms with Gasteiger partial charge in [-0.05, 0) is 64.8 Å². The lowest BCUT2D eigenvalue weighted by Crippen LogP contribution is -2.34. The van der Waals surface area contributed by atoms with Gasteiger partial charge in [-0.15, -0.1) is 0 Å². The van der Waals surface area contributed by atoms with Gasteiger partial charge in [0.05, 0.1) is 0 Å². The van der Waals surface area contributed by atoms with Gasteiger partial charge in [-0.25, -0.2) is 28.0 Å². The Bertz CT molecular complexity index is 1030. The van der Waals surface area contributed by atoms with E-state index in [-0.39, 0.29) is 0 Å². The summed E-state index contributed by atoms with van der Waals surface area (Å²) in [7, 11) is -4.37. The Morgan fingerprint density at radius 3 is 1.46 bits per heavy atom. The minimum Gasteiger partial charge on any atom is -0.241 e. The van der Waals surface area contributed by atoms with Crippen LogP contribution in [0.2, 0.25) is 0 Å². The van der Waals surface area contributed by atoms with Gasteiger partial charge in [-0.2, -0.15) is 13.5 Å². The van der Waals surface area contributed by atoms with E-state index in [1.165, 1.54) is 56.9 Å². The number of likely N-dealkylation sites (N-methyl/N-ethyl adjacent to an activating group) is 1. The quantitative estimate of drug-likeness (QED) is 0.350. The van der Waals surface area contributed by atoms with E-state index in [0.717, 1.165) is 78.4 Å². The second-order valence-corrected chi connectivity index (χ2v) is 20.6. The monoisotopic (exact) mass is 565 g/mol. The van der Waals surface area contributed by atoms with Gasteiger partial charge in [0.1, 0.15) is 0 Å². The summed E-state index contributed by atoms with van der Waals surface area (Å²) >= 11 is 0. The molecule has 0 saturated carbocycles. The van der Waals surface area contributed by atoms with Gasteiger partial charge in [0.25, 0.3) is 0 Å². The van der Waals surface area contributed by atoms with Gasteiger partial charge in [-0.1, -0.05) is 23.8 Å². The number of nitrogens with zero attached hydrogens (tertiary/aromatic N) is 9. The molecule has 0 N–H and O–H groups in total. The van der Waals surface area contributed by atoms with E-state index in [9.17, 15) is 0 Å². The van der Waals surface area contributed by atoms with Crippen LogP contribution in [0.1, 0.15) is 57.8 Å². The van der Waals surface area contributed by atoms with Crippen molar-refractivity contribution in [2.24, 2.45) is 13.5 Å². The Balaban J connectivity index is 1.49. The first kappa shape index (κ1) is 25.9. The molecule has 5 saturated heterocycles. The molecule has 0 aromatic heterocycles. The third-order valence-electron chi connectivity index (χ3n) is 9.32. The fourth-order valence-electron chi connectivity index (χ4n) is 7.23. The third-order valence-corrected chi connectivity index (χ3v) is 21.9. The van der Waals surface area contributed by atoms with E-state index < -0.39 is 22.5 Å². The zero-order valence-corrected chi connectivity index (χ0v) is 25.4. The maximum atomic E-state index is 6.23. The van der Waals surface area contributed by atoms with Crippen LogP contribution in [-0.2, 0) is 0 Å². The van der Waals surface area contributed by atoms with Crippen molar-refractivity contribution in [2.45, 2.75) is 57.8 Å². The van der Waals surface area contributed by atoms with Crippen molar-refractivity contribution in [1.29, 1.82) is 0 Å². The molecular formula is C25H46N9P3. The highest BCUT2D eigenvalue weighted by Gasteiger charge is 2.53. The molecule has 0 amide bonds. The van der Waals surface area contributed by atoms with E-state index in [4.69, 9.17) is 13.5 Å². The summed E-state index contributed by atoms with van der Waals surface area (Å²) in [6, 6.07) is 0. The predicted octanol–water partition coefficient (Wildman–Crippen LogP) is 6.36. The average Bonchev–Trinajstić information content (AvgIpc) is 3.74. The number of allylic oxidation sites excluding steroid dienone is 3. The topological polar surface area (TPSA) is 56.5 Å². The van der Waals surface area contributed by atoms with Gasteiger partial charge in [-0.3, -0.25) is 0 Å². The van der Waals surface area contributed by atoms with Crippen LogP contribution in [0.15, 0.2) is 37.3 Å². The standard InChI is InChI=1S/C25H46N9P3/c1-29-22-23-34(24-25-12-2-3-13-25)35(29)26-36(30-14-4-5-15-30,31-16-6-7-17-31)28-37(27-35,32-18-8-9-19-32)33-20-10-11-21-33/h2-3,12H,4-11,13-24H2,1H3. The fourth-order valence-corrected chi connectivity index (χ4v) is 23.6. The molecule has 0 radical (unpaired) electrons. The molecular weight excluding hydrogens is 519 g/mol. The van der Waals surface area contributed by atoms with Crippen molar-refractivity contribution < 1.29 is 0 Å². The maximum absolute atomic E-state index is 6.23. The molecule has 6 heterocycles. The van der Waals surface area contributed by atoms with Gasteiger partial charge in [0.2, 0.25) is 22.5 Å². The van der Waals surface area contributed by atoms with Crippen LogP contribution in [0.25, 0.3) is 0 Å². The predicted molar refractivity (Wildman–Crippen MR) is 157 cm³/mol. The summed E-state index contributed by atoms with van der Waals surface area (Å²) in [6.45, 7) is 12.5. The molecule has 1 aliphatic carbocycles. The van der Waals surface area contributed by atoms with Crippen molar-refractivity contribution in [2.75, 3.05) is 79.0 Å². The number of hydrogen-bond donors (Lipinski definition) is 0. The molecule has 1 unspecified atom stereocenters. The molecule has 0 aromatic rings. The van der Waals surface area contributed by atoms with Crippen LogP contribution in [0.3, 0.4) is 0 Å². The fraction of sp³-hybridized carbons (Fsp3) is 0.840. The van der Waals surface area contributed by atoms with Crippen LogP contribution in [0.4, 0.5) is 0 Å². The molecule has 7 aliphatic rings. The largest absolute Gasteiger partial charge is 0.241 e. The van der Waals surface area contributed by atoms with Crippen molar-refractivity contribution in [1.82, 2.24) is 28.0 Å². The van der Waals surface area contributed by atoms with Gasteiger partial charge in [0.15, 0.2) is 0 Å². The second kappa shape index (κ2) is 10.4. The molecule has 0 bridgehead atoms. The lowest BCUT2D eigenvalue weighted by atomic mass is 10.2. The first-order valence-corrected chi connectivity index (χ1v) is 19.7. The van der Waals surface area contributed by atoms with Crippen molar-refractivity contribution >= 4 is 22.5 Å². The summed E-state index contributed by atoms with van der Waals surface area (Å²) in [4.78, 5) is 0. The van der Waals surface area contributed by atoms with E-state index in [2.05, 4.69) is 53.3 Å². The molecule has 37 heavy (non-hydrogen) atoms. The van der Waals surface area contributed by atoms with E-state index in [1.807, 2.05) is 0 Å². The SMILES string of the molecule is CN1CCN(CC2=CC=CC2)P12=NP(N1CCCC1)(N1CCCC1)=NP(N1CCCC1)(N1CCCC1)=N2. The highest BCUT2D eigenvalue weighted by molar-refractivity contribution is 7.83. The third kappa shape index (κ3) is 4.31. The minimum absolute atomic E-state index is 1.01. The van der Waals surface area contributed by atoms with E-state index >= 15 is 0 Å². The van der Waals surface area contributed by atoms with Crippen LogP contribution in [-0.4, -0.2) is 107 Å². The van der Waals surface area contributed by atoms with Crippen molar-refractivity contribution in [3.05, 3.63) is 23.8 Å². The normalized spacial score (nSPS) is 35.4. The zero-order chi connectivity index (χ0) is 24.9.